The number of halogens is 5. The molecule has 224 valence electrons. The van der Waals surface area contributed by atoms with Crippen LogP contribution in [0.4, 0.5) is 22.0 Å². The lowest BCUT2D eigenvalue weighted by Crippen LogP contribution is -2.78. The smallest absolute Gasteiger partial charge is 0.394 e. The van der Waals surface area contributed by atoms with Crippen LogP contribution < -0.4 is 10.1 Å². The first-order valence-corrected chi connectivity index (χ1v) is 14.5. The average Bonchev–Trinajstić information content (AvgIpc) is 3.36. The van der Waals surface area contributed by atoms with Gasteiger partial charge < -0.3 is 15.0 Å². The Morgan fingerprint density at radius 2 is 1.79 bits per heavy atom. The zero-order chi connectivity index (χ0) is 29.7. The normalized spacial score (nSPS) is 29.5. The van der Waals surface area contributed by atoms with Crippen molar-refractivity contribution in [1.29, 1.82) is 0 Å². The maximum Gasteiger partial charge on any atom is 0.394 e. The highest BCUT2D eigenvalue weighted by Crippen LogP contribution is 2.73. The molecule has 1 amide bonds. The van der Waals surface area contributed by atoms with Crippen molar-refractivity contribution >= 4 is 16.8 Å². The number of aromatic amines is 1. The first-order valence-electron chi connectivity index (χ1n) is 14.5. The summed E-state index contributed by atoms with van der Waals surface area (Å²) in [6, 6.07) is 11.0. The van der Waals surface area contributed by atoms with Gasteiger partial charge in [-0.05, 0) is 86.4 Å². The second-order valence-corrected chi connectivity index (χ2v) is 13.5. The number of benzene rings is 2. The summed E-state index contributed by atoms with van der Waals surface area (Å²) in [6.07, 6.45) is -1.46. The minimum absolute atomic E-state index is 0.0615. The number of rotatable bonds is 6. The number of methoxy groups -OCH3 is 1. The zero-order valence-electron chi connectivity index (χ0n) is 23.6. The summed E-state index contributed by atoms with van der Waals surface area (Å²) in [5.74, 6) is -2.23. The van der Waals surface area contributed by atoms with Crippen LogP contribution in [0.15, 0.2) is 42.6 Å². The van der Waals surface area contributed by atoms with Crippen molar-refractivity contribution < 1.29 is 31.5 Å². The fraction of sp³-hybridized carbons (Fsp3) is 0.531. The van der Waals surface area contributed by atoms with Crippen LogP contribution in [0, 0.1) is 17.8 Å². The third-order valence-electron chi connectivity index (χ3n) is 10.5. The number of aromatic nitrogens is 1. The molecular formula is C32H34F5N3O2. The number of alkyl halides is 5. The molecule has 42 heavy (non-hydrogen) atoms. The quantitative estimate of drug-likeness (QED) is 0.295. The Hall–Kier alpha value is -3.14. The molecule has 1 aliphatic heterocycles. The highest BCUT2D eigenvalue weighted by atomic mass is 19.4. The number of ether oxygens (including phenoxy) is 1. The molecule has 5 aliphatic rings. The minimum atomic E-state index is -4.23. The molecule has 3 aromatic rings. The molecule has 2 N–H and O–H groups in total. The number of hydrogen-bond donors (Lipinski definition) is 2. The number of amides is 1. The van der Waals surface area contributed by atoms with E-state index in [0.29, 0.717) is 31.5 Å². The summed E-state index contributed by atoms with van der Waals surface area (Å²) in [5.41, 5.74) is 1.64. The molecule has 1 saturated heterocycles. The van der Waals surface area contributed by atoms with Crippen LogP contribution in [0.5, 0.6) is 5.75 Å². The van der Waals surface area contributed by atoms with E-state index in [-0.39, 0.29) is 44.1 Å². The largest absolute Gasteiger partial charge is 0.496 e. The van der Waals surface area contributed by atoms with Crippen LogP contribution in [-0.4, -0.2) is 47.1 Å². The van der Waals surface area contributed by atoms with Crippen LogP contribution in [0.1, 0.15) is 78.0 Å². The first kappa shape index (κ1) is 27.7. The fourth-order valence-corrected chi connectivity index (χ4v) is 8.44. The number of piperidine rings is 1. The lowest BCUT2D eigenvalue weighted by molar-refractivity contribution is -0.336. The van der Waals surface area contributed by atoms with Crippen molar-refractivity contribution in [3.63, 3.8) is 0 Å². The summed E-state index contributed by atoms with van der Waals surface area (Å²) in [7, 11) is 1.65. The number of fused-ring (bicyclic) bond motifs is 1. The van der Waals surface area contributed by atoms with Gasteiger partial charge in [-0.25, -0.2) is 8.78 Å². The van der Waals surface area contributed by atoms with Crippen molar-refractivity contribution in [2.75, 3.05) is 13.7 Å². The van der Waals surface area contributed by atoms with E-state index in [9.17, 15) is 26.7 Å². The van der Waals surface area contributed by atoms with Gasteiger partial charge in [-0.15, -0.1) is 0 Å². The molecule has 8 rings (SSSR count). The zero-order valence-corrected chi connectivity index (χ0v) is 23.6. The van der Waals surface area contributed by atoms with Gasteiger partial charge in [-0.1, -0.05) is 12.1 Å². The van der Waals surface area contributed by atoms with Crippen LogP contribution in [0.25, 0.3) is 10.9 Å². The average molecular weight is 588 g/mol. The van der Waals surface area contributed by atoms with Crippen molar-refractivity contribution in [3.05, 3.63) is 64.8 Å². The molecule has 2 bridgehead atoms. The van der Waals surface area contributed by atoms with Gasteiger partial charge in [0.2, 0.25) is 5.92 Å². The van der Waals surface area contributed by atoms with Crippen LogP contribution in [0.2, 0.25) is 0 Å². The van der Waals surface area contributed by atoms with Gasteiger partial charge in [0.25, 0.3) is 5.91 Å². The molecule has 1 atom stereocenters. The van der Waals surface area contributed by atoms with E-state index in [1.54, 1.807) is 19.2 Å². The first-order chi connectivity index (χ1) is 19.8. The Morgan fingerprint density at radius 3 is 2.40 bits per heavy atom. The number of H-pyrrole nitrogens is 1. The number of nitrogens with zero attached hydrogens (tertiary/aromatic N) is 1. The van der Waals surface area contributed by atoms with Crippen LogP contribution >= 0.6 is 0 Å². The SMILES string of the molecule is COc1cc(C)c2[nH]ccc2c1CN1CCC2(C[C@@H]1c1ccc(C(=O)NC34CC(C(F)(F)F)(C3)C4)cc1)CC(F)(F)C2. The van der Waals surface area contributed by atoms with E-state index < -0.39 is 28.5 Å². The van der Waals surface area contributed by atoms with E-state index in [2.05, 4.69) is 15.2 Å². The molecule has 0 radical (unpaired) electrons. The van der Waals surface area contributed by atoms with Crippen LogP contribution in [-0.2, 0) is 6.54 Å². The Morgan fingerprint density at radius 1 is 1.10 bits per heavy atom. The molecule has 2 heterocycles. The number of hydrogen-bond acceptors (Lipinski definition) is 3. The maximum atomic E-state index is 14.1. The van der Waals surface area contributed by atoms with Gasteiger partial charge in [0.1, 0.15) is 5.75 Å². The summed E-state index contributed by atoms with van der Waals surface area (Å²) in [5, 5.41) is 3.90. The summed E-state index contributed by atoms with van der Waals surface area (Å²) in [6.45, 7) is 3.24. The van der Waals surface area contributed by atoms with Gasteiger partial charge in [-0.3, -0.25) is 9.69 Å². The number of carbonyl (C=O) groups excluding carboxylic acids is 1. The van der Waals surface area contributed by atoms with Crippen molar-refractivity contribution in [2.45, 2.75) is 82.1 Å². The molecule has 10 heteroatoms. The number of carbonyl (C=O) groups is 1. The third-order valence-corrected chi connectivity index (χ3v) is 10.5. The molecule has 0 unspecified atom stereocenters. The second kappa shape index (κ2) is 8.94. The summed E-state index contributed by atoms with van der Waals surface area (Å²) < 4.78 is 73.6. The van der Waals surface area contributed by atoms with Crippen molar-refractivity contribution in [2.24, 2.45) is 10.8 Å². The van der Waals surface area contributed by atoms with E-state index in [4.69, 9.17) is 4.74 Å². The molecule has 4 saturated carbocycles. The van der Waals surface area contributed by atoms with Gasteiger partial charge in [-0.2, -0.15) is 13.2 Å². The Kier molecular flexibility index (Phi) is 5.89. The Balaban J connectivity index is 1.13. The van der Waals surface area contributed by atoms with Gasteiger partial charge in [0, 0.05) is 59.2 Å². The van der Waals surface area contributed by atoms with Crippen molar-refractivity contribution in [3.8, 4) is 5.75 Å². The second-order valence-electron chi connectivity index (χ2n) is 13.5. The number of likely N-dealkylation sites (tertiary alicyclic amines) is 1. The van der Waals surface area contributed by atoms with E-state index in [1.165, 1.54) is 0 Å². The summed E-state index contributed by atoms with van der Waals surface area (Å²) >= 11 is 0. The highest BCUT2D eigenvalue weighted by Gasteiger charge is 2.79. The fourth-order valence-electron chi connectivity index (χ4n) is 8.44. The topological polar surface area (TPSA) is 57.4 Å². The Labute approximate surface area is 240 Å². The standard InChI is InChI=1S/C32H34F5N3O2/c1-19-11-25(42-2)23(22-7-9-38-26(19)22)13-40-10-8-28(14-31(33,34)15-28)12-24(40)20-3-5-21(6-4-20)27(41)39-30-16-29(17-30,18-30)32(35,36)37/h3-7,9,11,24,38H,8,10,12-18H2,1-2H3,(H,39,41)/t24-,29?,30?/m1/s1. The molecule has 5 nitrogen and oxygen atoms in total. The molecule has 1 spiro atoms. The predicted molar refractivity (Wildman–Crippen MR) is 148 cm³/mol. The van der Waals surface area contributed by atoms with Crippen molar-refractivity contribution in [1.82, 2.24) is 15.2 Å². The van der Waals surface area contributed by atoms with Crippen LogP contribution in [0.3, 0.4) is 0 Å². The third kappa shape index (κ3) is 4.23. The Bertz CT molecular complexity index is 1530. The lowest BCUT2D eigenvalue weighted by atomic mass is 9.39. The highest BCUT2D eigenvalue weighted by molar-refractivity contribution is 5.95. The number of aryl methyl sites for hydroxylation is 1. The lowest BCUT2D eigenvalue weighted by Gasteiger charge is -2.70. The predicted octanol–water partition coefficient (Wildman–Crippen LogP) is 7.45. The summed E-state index contributed by atoms with van der Waals surface area (Å²) in [4.78, 5) is 18.6. The molecule has 2 aromatic carbocycles. The molecule has 1 aromatic heterocycles. The number of nitrogens with one attached hydrogen (secondary N) is 2. The van der Waals surface area contributed by atoms with Gasteiger partial charge in [0.15, 0.2) is 0 Å². The molecular weight excluding hydrogens is 553 g/mol. The monoisotopic (exact) mass is 587 g/mol. The minimum Gasteiger partial charge on any atom is -0.496 e. The van der Waals surface area contributed by atoms with E-state index in [0.717, 1.165) is 33.3 Å². The maximum absolute atomic E-state index is 14.1. The molecule has 5 fully saturated rings. The van der Waals surface area contributed by atoms with E-state index >= 15 is 0 Å². The van der Waals surface area contributed by atoms with Gasteiger partial charge >= 0.3 is 6.18 Å². The van der Waals surface area contributed by atoms with Gasteiger partial charge in [0.05, 0.1) is 12.5 Å². The molecule has 4 aliphatic carbocycles. The van der Waals surface area contributed by atoms with E-state index in [1.807, 2.05) is 37.4 Å².